The number of anilines is 1. The molecule has 2 bridgehead atoms. The van der Waals surface area contributed by atoms with Gasteiger partial charge in [0.05, 0.1) is 0 Å². The lowest BCUT2D eigenvalue weighted by molar-refractivity contribution is 0.348. The van der Waals surface area contributed by atoms with E-state index in [0.717, 1.165) is 35.5 Å². The van der Waals surface area contributed by atoms with Gasteiger partial charge < -0.3 is 5.32 Å². The van der Waals surface area contributed by atoms with E-state index in [1.165, 1.54) is 31.7 Å². The number of halogens is 1. The Hall–Kier alpha value is -1.05. The number of benzene rings is 1. The molecule has 2 aliphatic rings. The Morgan fingerprint density at radius 3 is 2.88 bits per heavy atom. The first-order valence-electron chi connectivity index (χ1n) is 6.72. The number of rotatable bonds is 3. The van der Waals surface area contributed by atoms with E-state index in [-0.39, 0.29) is 5.82 Å². The minimum Gasteiger partial charge on any atom is -0.384 e. The Balaban J connectivity index is 1.62. The van der Waals surface area contributed by atoms with Gasteiger partial charge in [-0.05, 0) is 61.6 Å². The Morgan fingerprint density at radius 2 is 2.18 bits per heavy atom. The number of hydrogen-bond acceptors (Lipinski definition) is 1. The first kappa shape index (κ1) is 11.1. The van der Waals surface area contributed by atoms with Crippen molar-refractivity contribution in [3.05, 3.63) is 29.6 Å². The molecule has 2 saturated carbocycles. The van der Waals surface area contributed by atoms with Crippen LogP contribution in [0, 0.1) is 30.5 Å². The molecular weight excluding hydrogens is 213 g/mol. The topological polar surface area (TPSA) is 12.0 Å². The standard InChI is InChI=1S/C15H20FN/c1-10-2-5-14(16)8-15(10)17-9-13-7-11-3-4-12(13)6-11/h2,5,8,11-13,17H,3-4,6-7,9H2,1H3. The highest BCUT2D eigenvalue weighted by Crippen LogP contribution is 2.48. The van der Waals surface area contributed by atoms with Gasteiger partial charge in [0.1, 0.15) is 5.82 Å². The number of aryl methyl sites for hydroxylation is 1. The molecule has 1 aromatic rings. The van der Waals surface area contributed by atoms with Gasteiger partial charge >= 0.3 is 0 Å². The van der Waals surface area contributed by atoms with Gasteiger partial charge in [0, 0.05) is 12.2 Å². The molecule has 3 unspecified atom stereocenters. The fraction of sp³-hybridized carbons (Fsp3) is 0.600. The molecule has 3 atom stereocenters. The minimum absolute atomic E-state index is 0.147. The van der Waals surface area contributed by atoms with Crippen molar-refractivity contribution in [1.29, 1.82) is 0 Å². The third kappa shape index (κ3) is 2.18. The van der Waals surface area contributed by atoms with Gasteiger partial charge in [-0.2, -0.15) is 0 Å². The molecule has 0 aliphatic heterocycles. The summed E-state index contributed by atoms with van der Waals surface area (Å²) in [5.41, 5.74) is 2.10. The lowest BCUT2D eigenvalue weighted by atomic mass is 9.89. The number of nitrogens with one attached hydrogen (secondary N) is 1. The SMILES string of the molecule is Cc1ccc(F)cc1NCC1CC2CCC1C2. The van der Waals surface area contributed by atoms with E-state index in [2.05, 4.69) is 5.32 Å². The second-order valence-electron chi connectivity index (χ2n) is 5.78. The molecule has 0 heterocycles. The van der Waals surface area contributed by atoms with E-state index in [4.69, 9.17) is 0 Å². The molecule has 1 aromatic carbocycles. The maximum atomic E-state index is 13.2. The first-order chi connectivity index (χ1) is 8.22. The largest absolute Gasteiger partial charge is 0.384 e. The van der Waals surface area contributed by atoms with Crippen LogP contribution in [0.5, 0.6) is 0 Å². The molecule has 0 amide bonds. The molecule has 3 rings (SSSR count). The lowest BCUT2D eigenvalue weighted by Crippen LogP contribution is -2.20. The van der Waals surface area contributed by atoms with Crippen LogP contribution in [0.25, 0.3) is 0 Å². The molecule has 2 heteroatoms. The van der Waals surface area contributed by atoms with Crippen LogP contribution in [0.1, 0.15) is 31.2 Å². The molecule has 2 fully saturated rings. The zero-order chi connectivity index (χ0) is 11.8. The van der Waals surface area contributed by atoms with Crippen molar-refractivity contribution in [3.63, 3.8) is 0 Å². The fourth-order valence-electron chi connectivity index (χ4n) is 3.65. The predicted molar refractivity (Wildman–Crippen MR) is 68.6 cm³/mol. The van der Waals surface area contributed by atoms with Crippen molar-refractivity contribution in [2.24, 2.45) is 17.8 Å². The van der Waals surface area contributed by atoms with Crippen molar-refractivity contribution in [3.8, 4) is 0 Å². The molecule has 92 valence electrons. The van der Waals surface area contributed by atoms with Gasteiger partial charge in [-0.1, -0.05) is 12.5 Å². The molecule has 0 radical (unpaired) electrons. The summed E-state index contributed by atoms with van der Waals surface area (Å²) < 4.78 is 13.2. The van der Waals surface area contributed by atoms with E-state index in [1.807, 2.05) is 13.0 Å². The second-order valence-corrected chi connectivity index (χ2v) is 5.78. The molecule has 0 aromatic heterocycles. The van der Waals surface area contributed by atoms with Crippen molar-refractivity contribution in [1.82, 2.24) is 0 Å². The van der Waals surface area contributed by atoms with Crippen molar-refractivity contribution >= 4 is 5.69 Å². The Bertz CT molecular complexity index is 415. The number of fused-ring (bicyclic) bond motifs is 2. The first-order valence-corrected chi connectivity index (χ1v) is 6.72. The number of hydrogen-bond donors (Lipinski definition) is 1. The van der Waals surface area contributed by atoms with Gasteiger partial charge in [0.2, 0.25) is 0 Å². The summed E-state index contributed by atoms with van der Waals surface area (Å²) in [6, 6.07) is 4.99. The fourth-order valence-corrected chi connectivity index (χ4v) is 3.65. The highest BCUT2D eigenvalue weighted by molar-refractivity contribution is 5.50. The van der Waals surface area contributed by atoms with Crippen LogP contribution in [0.2, 0.25) is 0 Å². The molecule has 17 heavy (non-hydrogen) atoms. The van der Waals surface area contributed by atoms with Crippen LogP contribution in [-0.2, 0) is 0 Å². The summed E-state index contributed by atoms with van der Waals surface area (Å²) in [6.45, 7) is 3.05. The zero-order valence-electron chi connectivity index (χ0n) is 10.4. The van der Waals surface area contributed by atoms with Gasteiger partial charge in [-0.15, -0.1) is 0 Å². The average Bonchev–Trinajstić information content (AvgIpc) is 2.92. The predicted octanol–water partition coefficient (Wildman–Crippen LogP) is 3.98. The van der Waals surface area contributed by atoms with Crippen molar-refractivity contribution in [2.45, 2.75) is 32.6 Å². The maximum Gasteiger partial charge on any atom is 0.125 e. The third-order valence-electron chi connectivity index (χ3n) is 4.64. The molecule has 2 aliphatic carbocycles. The Kier molecular flexibility index (Phi) is 2.81. The van der Waals surface area contributed by atoms with Gasteiger partial charge in [-0.25, -0.2) is 4.39 Å². The van der Waals surface area contributed by atoms with Crippen LogP contribution >= 0.6 is 0 Å². The average molecular weight is 233 g/mol. The summed E-state index contributed by atoms with van der Waals surface area (Å²) in [5.74, 6) is 2.59. The van der Waals surface area contributed by atoms with Gasteiger partial charge in [0.25, 0.3) is 0 Å². The molecular formula is C15H20FN. The monoisotopic (exact) mass is 233 g/mol. The maximum absolute atomic E-state index is 13.2. The van der Waals surface area contributed by atoms with Crippen LogP contribution in [-0.4, -0.2) is 6.54 Å². The highest BCUT2D eigenvalue weighted by atomic mass is 19.1. The Morgan fingerprint density at radius 1 is 1.29 bits per heavy atom. The van der Waals surface area contributed by atoms with Gasteiger partial charge in [0.15, 0.2) is 0 Å². The molecule has 0 spiro atoms. The Labute approximate surface area is 102 Å². The van der Waals surface area contributed by atoms with Crippen molar-refractivity contribution < 1.29 is 4.39 Å². The minimum atomic E-state index is -0.147. The van der Waals surface area contributed by atoms with Crippen LogP contribution in [0.3, 0.4) is 0 Å². The lowest BCUT2D eigenvalue weighted by Gasteiger charge is -2.22. The van der Waals surface area contributed by atoms with E-state index in [0.29, 0.717) is 0 Å². The van der Waals surface area contributed by atoms with Gasteiger partial charge in [-0.3, -0.25) is 0 Å². The summed E-state index contributed by atoms with van der Waals surface area (Å²) in [6.07, 6.45) is 5.68. The molecule has 1 N–H and O–H groups in total. The molecule has 1 nitrogen and oxygen atoms in total. The summed E-state index contributed by atoms with van der Waals surface area (Å²) in [5, 5.41) is 3.44. The van der Waals surface area contributed by atoms with E-state index in [9.17, 15) is 4.39 Å². The zero-order valence-corrected chi connectivity index (χ0v) is 10.4. The normalized spacial score (nSPS) is 30.8. The summed E-state index contributed by atoms with van der Waals surface area (Å²) >= 11 is 0. The van der Waals surface area contributed by atoms with Crippen molar-refractivity contribution in [2.75, 3.05) is 11.9 Å². The van der Waals surface area contributed by atoms with Crippen LogP contribution < -0.4 is 5.32 Å². The quantitative estimate of drug-likeness (QED) is 0.832. The summed E-state index contributed by atoms with van der Waals surface area (Å²) in [4.78, 5) is 0. The van der Waals surface area contributed by atoms with E-state index < -0.39 is 0 Å². The van der Waals surface area contributed by atoms with E-state index >= 15 is 0 Å². The van der Waals surface area contributed by atoms with Crippen LogP contribution in [0.4, 0.5) is 10.1 Å². The smallest absolute Gasteiger partial charge is 0.125 e. The summed E-state index contributed by atoms with van der Waals surface area (Å²) in [7, 11) is 0. The second kappa shape index (κ2) is 4.32. The van der Waals surface area contributed by atoms with E-state index in [1.54, 1.807) is 6.07 Å². The van der Waals surface area contributed by atoms with Crippen LogP contribution in [0.15, 0.2) is 18.2 Å². The molecule has 0 saturated heterocycles. The highest BCUT2D eigenvalue weighted by Gasteiger charge is 2.38. The third-order valence-corrected chi connectivity index (χ3v) is 4.64.